The van der Waals surface area contributed by atoms with Crippen molar-refractivity contribution in [2.24, 2.45) is 0 Å². The number of amides is 2. The van der Waals surface area contributed by atoms with Crippen molar-refractivity contribution < 1.29 is 9.59 Å². The number of carbonyl (C=O) groups excluding carboxylic acids is 2. The summed E-state index contributed by atoms with van der Waals surface area (Å²) in [5.74, 6) is -0.255. The Morgan fingerprint density at radius 3 is 2.58 bits per heavy atom. The molecule has 5 heteroatoms. The third-order valence-electron chi connectivity index (χ3n) is 4.16. The lowest BCUT2D eigenvalue weighted by molar-refractivity contribution is -0.120. The molecule has 2 aromatic carbocycles. The van der Waals surface area contributed by atoms with E-state index in [4.69, 9.17) is 0 Å². The van der Waals surface area contributed by atoms with Crippen molar-refractivity contribution in [1.82, 2.24) is 4.90 Å². The van der Waals surface area contributed by atoms with Gasteiger partial charge in [-0.1, -0.05) is 43.7 Å². The monoisotopic (exact) mass is 434 g/mol. The van der Waals surface area contributed by atoms with Crippen LogP contribution in [0.4, 0.5) is 5.69 Å². The first-order chi connectivity index (χ1) is 11.6. The summed E-state index contributed by atoms with van der Waals surface area (Å²) in [6.45, 7) is 2.64. The molecule has 24 heavy (non-hydrogen) atoms. The number of hydrogen-bond donors (Lipinski definition) is 1. The number of nitrogens with zero attached hydrogens (tertiary/aromatic N) is 1. The van der Waals surface area contributed by atoms with Gasteiger partial charge in [0.2, 0.25) is 0 Å². The average Bonchev–Trinajstić information content (AvgIpc) is 2.69. The van der Waals surface area contributed by atoms with Gasteiger partial charge in [0.05, 0.1) is 11.3 Å². The molecule has 3 rings (SSSR count). The van der Waals surface area contributed by atoms with Crippen molar-refractivity contribution in [2.45, 2.75) is 25.8 Å². The lowest BCUT2D eigenvalue weighted by Crippen LogP contribution is -2.39. The molecule has 0 aliphatic carbocycles. The van der Waals surface area contributed by atoms with Crippen molar-refractivity contribution in [3.8, 4) is 0 Å². The van der Waals surface area contributed by atoms with Crippen molar-refractivity contribution in [1.29, 1.82) is 0 Å². The van der Waals surface area contributed by atoms with E-state index < -0.39 is 6.04 Å². The zero-order chi connectivity index (χ0) is 17.1. The Hall–Kier alpha value is -1.89. The van der Waals surface area contributed by atoms with Crippen molar-refractivity contribution in [3.63, 3.8) is 0 Å². The Bertz CT molecular complexity index is 761. The second-order valence-corrected chi connectivity index (χ2v) is 7.09. The maximum absolute atomic E-state index is 13.2. The van der Waals surface area contributed by atoms with Gasteiger partial charge in [-0.05, 0) is 52.8 Å². The number of anilines is 1. The summed E-state index contributed by atoms with van der Waals surface area (Å²) < 4.78 is 0.975. The predicted octanol–water partition coefficient (Wildman–Crippen LogP) is 4.23. The molecule has 0 fully saturated rings. The number of unbranched alkanes of at least 4 members (excludes halogenated alkanes) is 1. The van der Waals surface area contributed by atoms with Gasteiger partial charge in [-0.15, -0.1) is 0 Å². The molecular formula is C19H19IN2O2. The van der Waals surface area contributed by atoms with Crippen molar-refractivity contribution in [3.05, 3.63) is 63.2 Å². The number of halogens is 1. The normalized spacial score (nSPS) is 17.2. The number of hydrogen-bond acceptors (Lipinski definition) is 2. The van der Waals surface area contributed by atoms with Gasteiger partial charge in [-0.3, -0.25) is 9.59 Å². The summed E-state index contributed by atoms with van der Waals surface area (Å²) in [5, 5.41) is 2.93. The van der Waals surface area contributed by atoms with Crippen LogP contribution in [-0.2, 0) is 4.79 Å². The molecule has 0 saturated carbocycles. The van der Waals surface area contributed by atoms with E-state index >= 15 is 0 Å². The maximum atomic E-state index is 13.2. The van der Waals surface area contributed by atoms with Crippen LogP contribution < -0.4 is 5.32 Å². The van der Waals surface area contributed by atoms with Gasteiger partial charge in [-0.25, -0.2) is 0 Å². The fourth-order valence-electron chi connectivity index (χ4n) is 2.94. The van der Waals surface area contributed by atoms with Crippen LogP contribution in [0.2, 0.25) is 0 Å². The highest BCUT2D eigenvalue weighted by Crippen LogP contribution is 2.31. The molecule has 1 aliphatic rings. The van der Waals surface area contributed by atoms with Crippen LogP contribution in [-0.4, -0.2) is 23.3 Å². The maximum Gasteiger partial charge on any atom is 0.256 e. The van der Waals surface area contributed by atoms with E-state index in [1.54, 1.807) is 11.0 Å². The molecule has 1 atom stereocenters. The summed E-state index contributed by atoms with van der Waals surface area (Å²) in [4.78, 5) is 27.7. The Morgan fingerprint density at radius 2 is 1.88 bits per heavy atom. The smallest absolute Gasteiger partial charge is 0.256 e. The van der Waals surface area contributed by atoms with Gasteiger partial charge in [0.15, 0.2) is 0 Å². The Morgan fingerprint density at radius 1 is 1.12 bits per heavy atom. The van der Waals surface area contributed by atoms with Gasteiger partial charge in [-0.2, -0.15) is 0 Å². The highest BCUT2D eigenvalue weighted by molar-refractivity contribution is 14.1. The fraction of sp³-hybridized carbons (Fsp3) is 0.263. The molecule has 0 bridgehead atoms. The molecule has 0 saturated heterocycles. The zero-order valence-corrected chi connectivity index (χ0v) is 15.6. The van der Waals surface area contributed by atoms with Crippen LogP contribution >= 0.6 is 22.6 Å². The molecule has 1 aliphatic heterocycles. The largest absolute Gasteiger partial charge is 0.323 e. The molecule has 4 nitrogen and oxygen atoms in total. The van der Waals surface area contributed by atoms with E-state index in [1.165, 1.54) is 0 Å². The lowest BCUT2D eigenvalue weighted by Gasteiger charge is -2.29. The summed E-state index contributed by atoms with van der Waals surface area (Å²) in [7, 11) is 0. The highest BCUT2D eigenvalue weighted by atomic mass is 127. The third-order valence-corrected chi connectivity index (χ3v) is 4.83. The summed E-state index contributed by atoms with van der Waals surface area (Å²) in [5.41, 5.74) is 1.98. The van der Waals surface area contributed by atoms with E-state index in [9.17, 15) is 9.59 Å². The van der Waals surface area contributed by atoms with Gasteiger partial charge in [0.25, 0.3) is 11.8 Å². The van der Waals surface area contributed by atoms with Crippen LogP contribution in [0.5, 0.6) is 0 Å². The molecular weight excluding hydrogens is 415 g/mol. The summed E-state index contributed by atoms with van der Waals surface area (Å²) in [6.07, 6.45) is 1.83. The number of carbonyl (C=O) groups is 2. The second-order valence-electron chi connectivity index (χ2n) is 5.84. The molecule has 2 aromatic rings. The predicted molar refractivity (Wildman–Crippen MR) is 103 cm³/mol. The number of nitrogens with one attached hydrogen (secondary N) is 1. The van der Waals surface area contributed by atoms with E-state index in [-0.39, 0.29) is 11.8 Å². The molecule has 1 heterocycles. The number of fused-ring (bicyclic) bond motifs is 1. The standard InChI is InChI=1S/C19H19IN2O2/c1-2-3-11-22-17(13-7-5-4-6-8-13)18(23)21-16-10-9-14(20)12-15(16)19(22)24/h4-10,12,17H,2-3,11H2,1H3,(H,21,23). The molecule has 2 amide bonds. The molecule has 0 radical (unpaired) electrons. The van der Waals surface area contributed by atoms with Crippen LogP contribution in [0.25, 0.3) is 0 Å². The van der Waals surface area contributed by atoms with Crippen molar-refractivity contribution in [2.75, 3.05) is 11.9 Å². The number of benzene rings is 2. The van der Waals surface area contributed by atoms with E-state index in [1.807, 2.05) is 42.5 Å². The first-order valence-electron chi connectivity index (χ1n) is 8.08. The first-order valence-corrected chi connectivity index (χ1v) is 9.16. The van der Waals surface area contributed by atoms with E-state index in [2.05, 4.69) is 34.8 Å². The topological polar surface area (TPSA) is 49.4 Å². The molecule has 0 spiro atoms. The van der Waals surface area contributed by atoms with Gasteiger partial charge < -0.3 is 10.2 Å². The Labute approximate surface area is 155 Å². The quantitative estimate of drug-likeness (QED) is 0.733. The molecule has 124 valence electrons. The molecule has 1 N–H and O–H groups in total. The fourth-order valence-corrected chi connectivity index (χ4v) is 3.43. The van der Waals surface area contributed by atoms with Gasteiger partial charge in [0, 0.05) is 10.1 Å². The average molecular weight is 434 g/mol. The van der Waals surface area contributed by atoms with Crippen LogP contribution in [0.3, 0.4) is 0 Å². The SMILES string of the molecule is CCCCN1C(=O)c2cc(I)ccc2NC(=O)C1c1ccccc1. The summed E-state index contributed by atoms with van der Waals surface area (Å²) in [6, 6.07) is 14.4. The summed E-state index contributed by atoms with van der Waals surface area (Å²) >= 11 is 2.18. The third kappa shape index (κ3) is 3.31. The minimum absolute atomic E-state index is 0.0934. The highest BCUT2D eigenvalue weighted by Gasteiger charge is 2.36. The van der Waals surface area contributed by atoms with Crippen LogP contribution in [0.15, 0.2) is 48.5 Å². The molecule has 0 aromatic heterocycles. The van der Waals surface area contributed by atoms with Crippen LogP contribution in [0, 0.1) is 3.57 Å². The Kier molecular flexibility index (Phi) is 5.18. The number of rotatable bonds is 4. The van der Waals surface area contributed by atoms with Gasteiger partial charge in [0.1, 0.15) is 6.04 Å². The molecule has 1 unspecified atom stereocenters. The van der Waals surface area contributed by atoms with Crippen LogP contribution in [0.1, 0.15) is 41.7 Å². The second kappa shape index (κ2) is 7.34. The minimum Gasteiger partial charge on any atom is -0.323 e. The van der Waals surface area contributed by atoms with Crippen molar-refractivity contribution >= 4 is 40.1 Å². The first kappa shape index (κ1) is 17.0. The Balaban J connectivity index is 2.09. The van der Waals surface area contributed by atoms with E-state index in [0.717, 1.165) is 22.0 Å². The van der Waals surface area contributed by atoms with E-state index in [0.29, 0.717) is 17.8 Å². The zero-order valence-electron chi connectivity index (χ0n) is 13.5. The lowest BCUT2D eigenvalue weighted by atomic mass is 10.0. The minimum atomic E-state index is -0.602. The van der Waals surface area contributed by atoms with Gasteiger partial charge >= 0.3 is 0 Å².